The Morgan fingerprint density at radius 1 is 0.925 bits per heavy atom. The highest BCUT2D eigenvalue weighted by molar-refractivity contribution is 5.81. The number of cyclic esters (lactones) is 1. The van der Waals surface area contributed by atoms with Crippen molar-refractivity contribution in [1.29, 1.82) is 0 Å². The zero-order valence-corrected chi connectivity index (χ0v) is 41.1. The van der Waals surface area contributed by atoms with E-state index in [1.165, 1.54) is 37.7 Å². The molecule has 1 aliphatic heterocycles. The van der Waals surface area contributed by atoms with Gasteiger partial charge >= 0.3 is 11.9 Å². The quantitative estimate of drug-likeness (QED) is 0.101. The minimum atomic E-state index is -0.876. The van der Waals surface area contributed by atoms with Gasteiger partial charge in [-0.15, -0.1) is 0 Å². The number of carbonyl (C=O) groups is 4. The van der Waals surface area contributed by atoms with Crippen LogP contribution in [0.2, 0.25) is 0 Å². The average Bonchev–Trinajstić information content (AvgIpc) is 4.09. The number of fused-ring (bicyclic) bond motifs is 8. The van der Waals surface area contributed by atoms with Gasteiger partial charge in [0.15, 0.2) is 11.4 Å². The standard InChI is InChI=1S/C49H72N4O14/c1-28-20-35(66-34(7)55)22-45(58)67-43(23-42(60-10)29(2)16-17-39(56)31(4)46(61-11)30(3)18-19-53(8)27-54)33(6)41(59-9)14-13-15-44-50-37(25-63-44)48-52-38(26-65-48)49-51-36(24-64-49)47(62-12)32(5)40(57)21-28/h13,15,18-19,24-33,35,40-43,46-47,57H,14,16-17,20-23H2,1-12H3/t28-,29-,30+,31+,32-,33+,35-,40-,41+,42+,43-,46-,47+/m1/s1. The van der Waals surface area contributed by atoms with Gasteiger partial charge < -0.3 is 51.7 Å². The van der Waals surface area contributed by atoms with Crippen LogP contribution in [0.4, 0.5) is 0 Å². The van der Waals surface area contributed by atoms with Gasteiger partial charge in [0.25, 0.3) is 0 Å². The first-order valence-electron chi connectivity index (χ1n) is 23.0. The van der Waals surface area contributed by atoms with Gasteiger partial charge in [-0.3, -0.25) is 19.2 Å². The van der Waals surface area contributed by atoms with E-state index in [1.54, 1.807) is 40.7 Å². The van der Waals surface area contributed by atoms with E-state index in [1.807, 2.05) is 53.7 Å². The van der Waals surface area contributed by atoms with Gasteiger partial charge in [-0.25, -0.2) is 15.0 Å². The molecular weight excluding hydrogens is 869 g/mol. The molecule has 3 aromatic rings. The van der Waals surface area contributed by atoms with Crippen LogP contribution in [0.25, 0.3) is 29.2 Å². The molecule has 372 valence electrons. The number of Topliss-reactive ketones (excluding diaryl/α,β-unsaturated/α-hetero) is 1. The molecule has 1 N–H and O–H groups in total. The summed E-state index contributed by atoms with van der Waals surface area (Å²) in [6, 6.07) is 0. The molecule has 13 atom stereocenters. The second-order valence-corrected chi connectivity index (χ2v) is 18.0. The summed E-state index contributed by atoms with van der Waals surface area (Å²) < 4.78 is 52.8. The number of oxazole rings is 3. The van der Waals surface area contributed by atoms with E-state index in [0.717, 1.165) is 0 Å². The number of aliphatic hydroxyl groups is 1. The van der Waals surface area contributed by atoms with Gasteiger partial charge in [-0.1, -0.05) is 53.7 Å². The van der Waals surface area contributed by atoms with Crippen molar-refractivity contribution in [1.82, 2.24) is 19.9 Å². The molecule has 1 amide bonds. The molecular formula is C49H72N4O14. The highest BCUT2D eigenvalue weighted by Gasteiger charge is 2.36. The topological polar surface area (TPSA) is 225 Å². The fourth-order valence-electron chi connectivity index (χ4n) is 8.76. The summed E-state index contributed by atoms with van der Waals surface area (Å²) in [6.45, 7) is 12.8. The summed E-state index contributed by atoms with van der Waals surface area (Å²) in [5.74, 6) is -2.16. The number of amides is 1. The number of hydrogen-bond acceptors (Lipinski definition) is 17. The normalized spacial score (nSPS) is 25.8. The van der Waals surface area contributed by atoms with Crippen LogP contribution in [0.5, 0.6) is 0 Å². The number of hydrogen-bond donors (Lipinski definition) is 1. The number of nitrogens with zero attached hydrogens (tertiary/aromatic N) is 4. The Morgan fingerprint density at radius 2 is 1.61 bits per heavy atom. The van der Waals surface area contributed by atoms with Crippen LogP contribution in [0.3, 0.4) is 0 Å². The summed E-state index contributed by atoms with van der Waals surface area (Å²) in [4.78, 5) is 66.1. The van der Waals surface area contributed by atoms with Crippen molar-refractivity contribution in [2.45, 2.75) is 136 Å². The molecule has 67 heavy (non-hydrogen) atoms. The van der Waals surface area contributed by atoms with Gasteiger partial charge in [-0.05, 0) is 43.6 Å². The van der Waals surface area contributed by atoms with E-state index in [2.05, 4.69) is 15.0 Å². The van der Waals surface area contributed by atoms with Crippen LogP contribution < -0.4 is 0 Å². The fourth-order valence-corrected chi connectivity index (χ4v) is 8.76. The molecule has 3 aromatic heterocycles. The smallest absolute Gasteiger partial charge is 0.309 e. The van der Waals surface area contributed by atoms with Crippen LogP contribution >= 0.6 is 0 Å². The minimum Gasteiger partial charge on any atom is -0.462 e. The van der Waals surface area contributed by atoms with Crippen molar-refractivity contribution in [3.8, 4) is 23.2 Å². The van der Waals surface area contributed by atoms with Crippen LogP contribution in [0.15, 0.2) is 50.4 Å². The number of rotatable bonds is 17. The molecule has 0 unspecified atom stereocenters. The molecule has 6 bridgehead atoms. The number of methoxy groups -OCH3 is 4. The minimum absolute atomic E-state index is 0.0296. The maximum absolute atomic E-state index is 14.0. The van der Waals surface area contributed by atoms with Gasteiger partial charge in [0.05, 0.1) is 30.8 Å². The first-order valence-corrected chi connectivity index (χ1v) is 23.0. The van der Waals surface area contributed by atoms with Crippen LogP contribution in [-0.2, 0) is 47.6 Å². The average molecular weight is 941 g/mol. The third-order valence-electron chi connectivity index (χ3n) is 12.9. The molecule has 0 saturated carbocycles. The number of ether oxygens (including phenoxy) is 6. The van der Waals surface area contributed by atoms with Gasteiger partial charge in [0.2, 0.25) is 24.1 Å². The van der Waals surface area contributed by atoms with E-state index in [-0.39, 0.29) is 72.8 Å². The Kier molecular flexibility index (Phi) is 21.6. The highest BCUT2D eigenvalue weighted by atomic mass is 16.6. The van der Waals surface area contributed by atoms with Crippen LogP contribution in [-0.4, -0.2) is 121 Å². The molecule has 4 rings (SSSR count). The fraction of sp³-hybridized carbons (Fsp3) is 0.653. The first-order chi connectivity index (χ1) is 31.9. The second-order valence-electron chi connectivity index (χ2n) is 18.0. The molecule has 4 heterocycles. The van der Waals surface area contributed by atoms with Crippen molar-refractivity contribution in [2.75, 3.05) is 35.5 Å². The number of esters is 2. The largest absolute Gasteiger partial charge is 0.462 e. The Morgan fingerprint density at radius 3 is 2.27 bits per heavy atom. The third kappa shape index (κ3) is 15.8. The first kappa shape index (κ1) is 54.6. The molecule has 0 spiro atoms. The van der Waals surface area contributed by atoms with Crippen molar-refractivity contribution < 1.29 is 66.0 Å². The maximum atomic E-state index is 14.0. The number of ketones is 1. The Labute approximate surface area is 394 Å². The summed E-state index contributed by atoms with van der Waals surface area (Å²) in [6.07, 6.45) is 9.40. The zero-order valence-electron chi connectivity index (χ0n) is 41.1. The molecule has 0 aromatic carbocycles. The van der Waals surface area contributed by atoms with Gasteiger partial charge in [0.1, 0.15) is 48.6 Å². The van der Waals surface area contributed by atoms with E-state index in [9.17, 15) is 24.3 Å². The number of aromatic nitrogens is 3. The zero-order chi connectivity index (χ0) is 49.4. The summed E-state index contributed by atoms with van der Waals surface area (Å²) in [7, 11) is 7.91. The van der Waals surface area contributed by atoms with E-state index < -0.39 is 66.5 Å². The molecule has 18 nitrogen and oxygen atoms in total. The van der Waals surface area contributed by atoms with Crippen molar-refractivity contribution >= 4 is 30.2 Å². The Balaban J connectivity index is 1.60. The lowest BCUT2D eigenvalue weighted by molar-refractivity contribution is -0.163. The van der Waals surface area contributed by atoms with E-state index >= 15 is 0 Å². The predicted octanol–water partition coefficient (Wildman–Crippen LogP) is 7.67. The third-order valence-corrected chi connectivity index (χ3v) is 12.9. The lowest BCUT2D eigenvalue weighted by Crippen LogP contribution is -2.39. The summed E-state index contributed by atoms with van der Waals surface area (Å²) in [5.41, 5.74) is 1.12. The molecule has 1 aliphatic rings. The SMILES string of the molecule is CO[C@H]([C@@H](C)C=CN(C)C=O)[C@@H](C)C(=O)CC[C@@H](C)[C@H](C[C@H]1OC(=O)C[C@H](OC(C)=O)C[C@@H](C)C[C@@H](O)[C@@H](C)[C@H](OC)c2coc(n2)-c2coc(n2)-c2coc(n2)C=CC[C@H](OC)[C@@H]1C)OC. The van der Waals surface area contributed by atoms with Gasteiger partial charge in [0, 0.05) is 85.1 Å². The van der Waals surface area contributed by atoms with Crippen LogP contribution in [0.1, 0.15) is 111 Å². The molecule has 0 aliphatic carbocycles. The molecule has 0 fully saturated rings. The molecule has 18 heteroatoms. The maximum Gasteiger partial charge on any atom is 0.309 e. The Hall–Kier alpha value is -5.01. The van der Waals surface area contributed by atoms with Gasteiger partial charge in [-0.2, -0.15) is 0 Å². The van der Waals surface area contributed by atoms with Crippen molar-refractivity contribution in [2.24, 2.45) is 35.5 Å². The van der Waals surface area contributed by atoms with E-state index in [0.29, 0.717) is 42.8 Å². The summed E-state index contributed by atoms with van der Waals surface area (Å²) >= 11 is 0. The molecule has 0 radical (unpaired) electrons. The Bertz CT molecular complexity index is 2060. The number of carbonyl (C=O) groups excluding carboxylic acids is 4. The van der Waals surface area contributed by atoms with Crippen LogP contribution in [0, 0.1) is 35.5 Å². The lowest BCUT2D eigenvalue weighted by atomic mass is 9.84. The lowest BCUT2D eigenvalue weighted by Gasteiger charge is -2.34. The molecule has 0 saturated heterocycles. The number of aliphatic hydroxyl groups excluding tert-OH is 1. The highest BCUT2D eigenvalue weighted by Crippen LogP contribution is 2.34. The van der Waals surface area contributed by atoms with E-state index in [4.69, 9.17) is 41.7 Å². The van der Waals surface area contributed by atoms with Crippen molar-refractivity contribution in [3.05, 3.63) is 48.7 Å². The van der Waals surface area contributed by atoms with Crippen molar-refractivity contribution in [3.63, 3.8) is 0 Å². The predicted molar refractivity (Wildman–Crippen MR) is 245 cm³/mol. The monoisotopic (exact) mass is 941 g/mol. The second kappa shape index (κ2) is 26.5. The summed E-state index contributed by atoms with van der Waals surface area (Å²) in [5, 5.41) is 11.5.